The summed E-state index contributed by atoms with van der Waals surface area (Å²) in [6.07, 6.45) is -2.32. The van der Waals surface area contributed by atoms with Gasteiger partial charge < -0.3 is 29.4 Å². The monoisotopic (exact) mass is 467 g/mol. The molecule has 1 aromatic rings. The van der Waals surface area contributed by atoms with Gasteiger partial charge in [0.2, 0.25) is 0 Å². The first-order valence-electron chi connectivity index (χ1n) is 10.5. The van der Waals surface area contributed by atoms with Crippen LogP contribution < -0.4 is 15.2 Å². The second kappa shape index (κ2) is 12.2. The summed E-state index contributed by atoms with van der Waals surface area (Å²) in [4.78, 5) is 46.8. The van der Waals surface area contributed by atoms with Gasteiger partial charge in [0, 0.05) is 13.8 Å². The quantitative estimate of drug-likeness (QED) is 0.426. The number of carbonyl (C=O) groups excluding carboxylic acids is 4. The first-order valence-corrected chi connectivity index (χ1v) is 10.5. The van der Waals surface area contributed by atoms with E-state index < -0.39 is 42.3 Å². The molecule has 0 aliphatic carbocycles. The van der Waals surface area contributed by atoms with Crippen molar-refractivity contribution in [2.24, 2.45) is 11.1 Å². The molecule has 0 aliphatic heterocycles. The number of rotatable bonds is 9. The number of nitrogens with two attached hydrogens (primary N) is 1. The van der Waals surface area contributed by atoms with Crippen LogP contribution in [0.15, 0.2) is 18.2 Å². The molecular weight excluding hydrogens is 434 g/mol. The Morgan fingerprint density at radius 3 is 2.00 bits per heavy atom. The minimum Gasteiger partial charge on any atom is -0.458 e. The predicted molar refractivity (Wildman–Crippen MR) is 118 cm³/mol. The van der Waals surface area contributed by atoms with E-state index in [1.165, 1.54) is 26.0 Å². The predicted octanol–water partition coefficient (Wildman–Crippen LogP) is 2.93. The van der Waals surface area contributed by atoms with E-state index >= 15 is 0 Å². The van der Waals surface area contributed by atoms with Crippen molar-refractivity contribution in [1.29, 1.82) is 0 Å². The fraction of sp³-hybridized carbons (Fsp3) is 0.565. The van der Waals surface area contributed by atoms with Crippen LogP contribution in [0.3, 0.4) is 0 Å². The van der Waals surface area contributed by atoms with Crippen LogP contribution in [-0.4, -0.2) is 48.9 Å². The van der Waals surface area contributed by atoms with Crippen LogP contribution in [0.4, 0.5) is 4.79 Å². The van der Waals surface area contributed by atoms with Crippen LogP contribution in [0, 0.1) is 5.41 Å². The fourth-order valence-corrected chi connectivity index (χ4v) is 2.41. The molecule has 0 bridgehead atoms. The van der Waals surface area contributed by atoms with Gasteiger partial charge in [0.25, 0.3) is 0 Å². The zero-order valence-corrected chi connectivity index (χ0v) is 20.1. The summed E-state index contributed by atoms with van der Waals surface area (Å²) < 4.78 is 25.6. The Labute approximate surface area is 193 Å². The van der Waals surface area contributed by atoms with Gasteiger partial charge in [0.05, 0.1) is 6.61 Å². The Kier molecular flexibility index (Phi) is 10.3. The zero-order valence-electron chi connectivity index (χ0n) is 20.1. The SMILES string of the molecule is CC(=O)Oc1ccc(C[C@H](N)C(=O)O[C@@H](C)[C@H](C)OC(=O)OCC(C)(C)C)cc1OC(C)=O. The fourth-order valence-electron chi connectivity index (χ4n) is 2.41. The molecule has 1 aromatic carbocycles. The molecule has 1 rings (SSSR count). The van der Waals surface area contributed by atoms with Gasteiger partial charge >= 0.3 is 24.1 Å². The average Bonchev–Trinajstić information content (AvgIpc) is 2.66. The van der Waals surface area contributed by atoms with Crippen LogP contribution >= 0.6 is 0 Å². The van der Waals surface area contributed by atoms with Gasteiger partial charge in [-0.3, -0.25) is 14.4 Å². The summed E-state index contributed by atoms with van der Waals surface area (Å²) in [5, 5.41) is 0. The molecule has 0 aromatic heterocycles. The van der Waals surface area contributed by atoms with Gasteiger partial charge in [0.1, 0.15) is 18.2 Å². The lowest BCUT2D eigenvalue weighted by Gasteiger charge is -2.23. The number of benzene rings is 1. The lowest BCUT2D eigenvalue weighted by molar-refractivity contribution is -0.155. The van der Waals surface area contributed by atoms with E-state index in [-0.39, 0.29) is 29.9 Å². The molecule has 0 unspecified atom stereocenters. The van der Waals surface area contributed by atoms with E-state index in [0.29, 0.717) is 5.56 Å². The normalized spacial score (nSPS) is 13.8. The third kappa shape index (κ3) is 10.8. The smallest absolute Gasteiger partial charge is 0.458 e. The van der Waals surface area contributed by atoms with Crippen molar-refractivity contribution in [3.8, 4) is 11.5 Å². The van der Waals surface area contributed by atoms with Gasteiger partial charge in [-0.25, -0.2) is 4.79 Å². The maximum Gasteiger partial charge on any atom is 0.508 e. The summed E-state index contributed by atoms with van der Waals surface area (Å²) >= 11 is 0. The summed E-state index contributed by atoms with van der Waals surface area (Å²) in [5.41, 5.74) is 6.31. The zero-order chi connectivity index (χ0) is 25.3. The first-order chi connectivity index (χ1) is 15.2. The van der Waals surface area contributed by atoms with Crippen LogP contribution in [0.5, 0.6) is 11.5 Å². The highest BCUT2D eigenvalue weighted by atomic mass is 16.7. The molecule has 2 N–H and O–H groups in total. The first kappa shape index (κ1) is 27.9. The molecule has 0 amide bonds. The molecular formula is C23H33NO9. The number of hydrogen-bond acceptors (Lipinski definition) is 10. The topological polar surface area (TPSA) is 140 Å². The van der Waals surface area contributed by atoms with Gasteiger partial charge in [0.15, 0.2) is 11.5 Å². The third-order valence-corrected chi connectivity index (χ3v) is 4.14. The summed E-state index contributed by atoms with van der Waals surface area (Å²) in [7, 11) is 0. The van der Waals surface area contributed by atoms with Crippen LogP contribution in [0.1, 0.15) is 54.0 Å². The summed E-state index contributed by atoms with van der Waals surface area (Å²) in [5.74, 6) is -1.80. The maximum atomic E-state index is 12.4. The van der Waals surface area contributed by atoms with Gasteiger partial charge in [-0.1, -0.05) is 26.8 Å². The lowest BCUT2D eigenvalue weighted by Crippen LogP contribution is -2.39. The third-order valence-electron chi connectivity index (χ3n) is 4.14. The highest BCUT2D eigenvalue weighted by Crippen LogP contribution is 2.29. The van der Waals surface area contributed by atoms with Gasteiger partial charge in [-0.05, 0) is 43.4 Å². The molecule has 0 spiro atoms. The second-order valence-electron chi connectivity index (χ2n) is 8.84. The van der Waals surface area contributed by atoms with Crippen LogP contribution in [0.25, 0.3) is 0 Å². The van der Waals surface area contributed by atoms with Crippen molar-refractivity contribution in [3.63, 3.8) is 0 Å². The molecule has 0 saturated heterocycles. The molecule has 0 aliphatic rings. The Morgan fingerprint density at radius 2 is 1.45 bits per heavy atom. The Balaban J connectivity index is 2.70. The van der Waals surface area contributed by atoms with E-state index in [1.54, 1.807) is 19.9 Å². The molecule has 0 heterocycles. The standard InChI is InChI=1S/C23H33NO9/c1-13(14(2)31-22(28)29-12-23(5,6)7)30-21(27)18(24)10-17-8-9-19(32-15(3)25)20(11-17)33-16(4)26/h8-9,11,13-14,18H,10,12,24H2,1-7H3/t13-,14-,18-/m0/s1. The molecule has 0 saturated carbocycles. The van der Waals surface area contributed by atoms with Crippen molar-refractivity contribution in [2.75, 3.05) is 6.61 Å². The molecule has 184 valence electrons. The summed E-state index contributed by atoms with van der Waals surface area (Å²) in [6, 6.07) is 3.43. The number of hydrogen-bond donors (Lipinski definition) is 1. The van der Waals surface area contributed by atoms with Crippen molar-refractivity contribution in [2.45, 2.75) is 73.1 Å². The molecule has 3 atom stereocenters. The van der Waals surface area contributed by atoms with Gasteiger partial charge in [-0.2, -0.15) is 0 Å². The number of carbonyl (C=O) groups is 4. The van der Waals surface area contributed by atoms with Gasteiger partial charge in [-0.15, -0.1) is 0 Å². The highest BCUT2D eigenvalue weighted by molar-refractivity contribution is 5.76. The number of esters is 3. The Bertz CT molecular complexity index is 860. The Morgan fingerprint density at radius 1 is 0.909 bits per heavy atom. The minimum atomic E-state index is -1.04. The Hall–Kier alpha value is -3.14. The van der Waals surface area contributed by atoms with E-state index in [0.717, 1.165) is 0 Å². The minimum absolute atomic E-state index is 0.0277. The number of ether oxygens (including phenoxy) is 5. The summed E-state index contributed by atoms with van der Waals surface area (Å²) in [6.45, 7) is 11.5. The van der Waals surface area contributed by atoms with Crippen molar-refractivity contribution >= 4 is 24.1 Å². The molecule has 33 heavy (non-hydrogen) atoms. The van der Waals surface area contributed by atoms with E-state index in [2.05, 4.69) is 0 Å². The second-order valence-corrected chi connectivity index (χ2v) is 8.84. The maximum absolute atomic E-state index is 12.4. The van der Waals surface area contributed by atoms with Crippen molar-refractivity contribution < 1.29 is 42.9 Å². The van der Waals surface area contributed by atoms with Crippen molar-refractivity contribution in [3.05, 3.63) is 23.8 Å². The average molecular weight is 468 g/mol. The molecule has 0 fully saturated rings. The van der Waals surface area contributed by atoms with Crippen LogP contribution in [0.2, 0.25) is 0 Å². The molecule has 10 heteroatoms. The molecule has 0 radical (unpaired) electrons. The van der Waals surface area contributed by atoms with E-state index in [1.807, 2.05) is 20.8 Å². The molecule has 10 nitrogen and oxygen atoms in total. The highest BCUT2D eigenvalue weighted by Gasteiger charge is 2.26. The van der Waals surface area contributed by atoms with E-state index in [4.69, 9.17) is 29.4 Å². The van der Waals surface area contributed by atoms with Crippen LogP contribution in [-0.2, 0) is 35.0 Å². The van der Waals surface area contributed by atoms with E-state index in [9.17, 15) is 19.2 Å². The van der Waals surface area contributed by atoms with Crippen molar-refractivity contribution in [1.82, 2.24) is 0 Å². The lowest BCUT2D eigenvalue weighted by atomic mass is 9.99. The largest absolute Gasteiger partial charge is 0.508 e.